The molecule has 0 aliphatic heterocycles. The average molecular weight is 261 g/mol. The van der Waals surface area contributed by atoms with Gasteiger partial charge in [0.2, 0.25) is 0 Å². The first-order chi connectivity index (χ1) is 8.69. The predicted octanol–water partition coefficient (Wildman–Crippen LogP) is 4.53. The molecular formula is C16H17ClO. The van der Waals surface area contributed by atoms with Gasteiger partial charge in [0.25, 0.3) is 0 Å². The molecule has 2 aromatic rings. The lowest BCUT2D eigenvalue weighted by atomic mass is 10.0. The fourth-order valence-corrected chi connectivity index (χ4v) is 2.19. The second-order valence-corrected chi connectivity index (χ2v) is 4.96. The van der Waals surface area contributed by atoms with E-state index in [-0.39, 0.29) is 5.38 Å². The number of rotatable bonds is 4. The van der Waals surface area contributed by atoms with Crippen molar-refractivity contribution in [1.29, 1.82) is 0 Å². The molecule has 0 N–H and O–H groups in total. The number of halogens is 1. The average Bonchev–Trinajstić information content (AvgIpc) is 2.41. The van der Waals surface area contributed by atoms with Gasteiger partial charge in [0.15, 0.2) is 0 Å². The molecule has 0 bridgehead atoms. The number of aryl methyl sites for hydroxylation is 1. The number of hydrogen-bond donors (Lipinski definition) is 0. The molecule has 0 saturated heterocycles. The Morgan fingerprint density at radius 3 is 2.17 bits per heavy atom. The van der Waals surface area contributed by atoms with Gasteiger partial charge < -0.3 is 4.74 Å². The number of ether oxygens (including phenoxy) is 1. The maximum atomic E-state index is 6.44. The van der Waals surface area contributed by atoms with E-state index >= 15 is 0 Å². The highest BCUT2D eigenvalue weighted by Crippen LogP contribution is 2.26. The van der Waals surface area contributed by atoms with E-state index in [1.165, 1.54) is 11.1 Å². The Bertz CT molecular complexity index is 488. The van der Waals surface area contributed by atoms with Gasteiger partial charge in [-0.1, -0.05) is 42.0 Å². The van der Waals surface area contributed by atoms with Gasteiger partial charge in [0.1, 0.15) is 5.75 Å². The molecule has 0 spiro atoms. The normalized spacial score (nSPS) is 12.2. The third-order valence-corrected chi connectivity index (χ3v) is 3.42. The van der Waals surface area contributed by atoms with E-state index in [1.807, 2.05) is 24.3 Å². The van der Waals surface area contributed by atoms with E-state index < -0.39 is 0 Å². The van der Waals surface area contributed by atoms with Gasteiger partial charge in [0, 0.05) is 0 Å². The third kappa shape index (κ3) is 3.27. The van der Waals surface area contributed by atoms with Crippen LogP contribution in [-0.4, -0.2) is 7.11 Å². The molecule has 2 rings (SSSR count). The summed E-state index contributed by atoms with van der Waals surface area (Å²) in [7, 11) is 1.67. The molecule has 0 saturated carbocycles. The third-order valence-electron chi connectivity index (χ3n) is 3.01. The van der Waals surface area contributed by atoms with Crippen molar-refractivity contribution >= 4 is 11.6 Å². The second kappa shape index (κ2) is 5.92. The monoisotopic (exact) mass is 260 g/mol. The van der Waals surface area contributed by atoms with Crippen molar-refractivity contribution in [3.63, 3.8) is 0 Å². The number of alkyl halides is 1. The van der Waals surface area contributed by atoms with Crippen LogP contribution in [0.1, 0.15) is 22.1 Å². The Kier molecular flexibility index (Phi) is 4.27. The van der Waals surface area contributed by atoms with Crippen LogP contribution in [0.25, 0.3) is 0 Å². The van der Waals surface area contributed by atoms with Crippen LogP contribution in [0.5, 0.6) is 5.75 Å². The topological polar surface area (TPSA) is 9.23 Å². The summed E-state index contributed by atoms with van der Waals surface area (Å²) < 4.78 is 5.14. The highest BCUT2D eigenvalue weighted by molar-refractivity contribution is 6.20. The number of methoxy groups -OCH3 is 1. The van der Waals surface area contributed by atoms with Gasteiger partial charge in [-0.2, -0.15) is 0 Å². The smallest absolute Gasteiger partial charge is 0.118 e. The molecule has 1 atom stereocenters. The summed E-state index contributed by atoms with van der Waals surface area (Å²) in [4.78, 5) is 0. The molecule has 0 fully saturated rings. The van der Waals surface area contributed by atoms with Crippen LogP contribution in [0.4, 0.5) is 0 Å². The summed E-state index contributed by atoms with van der Waals surface area (Å²) in [6, 6.07) is 16.4. The van der Waals surface area contributed by atoms with Crippen molar-refractivity contribution in [2.75, 3.05) is 7.11 Å². The van der Waals surface area contributed by atoms with Crippen molar-refractivity contribution < 1.29 is 4.74 Å². The standard InChI is InChI=1S/C16H17ClO/c1-12-3-5-13(6-4-12)11-16(17)14-7-9-15(18-2)10-8-14/h3-10,16H,11H2,1-2H3. The summed E-state index contributed by atoms with van der Waals surface area (Å²) in [6.45, 7) is 2.09. The molecule has 0 aliphatic carbocycles. The molecule has 0 radical (unpaired) electrons. The summed E-state index contributed by atoms with van der Waals surface area (Å²) in [6.07, 6.45) is 0.841. The molecule has 94 valence electrons. The van der Waals surface area contributed by atoms with E-state index in [0.29, 0.717) is 0 Å². The van der Waals surface area contributed by atoms with Gasteiger partial charge in [-0.25, -0.2) is 0 Å². The number of benzene rings is 2. The summed E-state index contributed by atoms with van der Waals surface area (Å²) in [5, 5.41) is -0.00128. The molecule has 2 heteroatoms. The Morgan fingerprint density at radius 1 is 1.00 bits per heavy atom. The molecule has 0 heterocycles. The van der Waals surface area contributed by atoms with Crippen molar-refractivity contribution in [3.8, 4) is 5.75 Å². The molecule has 18 heavy (non-hydrogen) atoms. The minimum absolute atomic E-state index is 0.00128. The van der Waals surface area contributed by atoms with Crippen LogP contribution in [0, 0.1) is 6.92 Å². The zero-order chi connectivity index (χ0) is 13.0. The lowest BCUT2D eigenvalue weighted by Gasteiger charge is -2.11. The number of hydrogen-bond acceptors (Lipinski definition) is 1. The Labute approximate surface area is 113 Å². The molecular weight excluding hydrogens is 244 g/mol. The van der Waals surface area contributed by atoms with Crippen LogP contribution in [0.3, 0.4) is 0 Å². The SMILES string of the molecule is COc1ccc(C(Cl)Cc2ccc(C)cc2)cc1. The summed E-state index contributed by atoms with van der Waals surface area (Å²) in [5.41, 5.74) is 3.66. The van der Waals surface area contributed by atoms with Crippen LogP contribution >= 0.6 is 11.6 Å². The van der Waals surface area contributed by atoms with Crippen molar-refractivity contribution in [1.82, 2.24) is 0 Å². The minimum Gasteiger partial charge on any atom is -0.497 e. The highest BCUT2D eigenvalue weighted by Gasteiger charge is 2.08. The van der Waals surface area contributed by atoms with E-state index in [9.17, 15) is 0 Å². The van der Waals surface area contributed by atoms with Gasteiger partial charge in [-0.15, -0.1) is 11.6 Å². The van der Waals surface area contributed by atoms with Crippen molar-refractivity contribution in [2.24, 2.45) is 0 Å². The van der Waals surface area contributed by atoms with Crippen LogP contribution in [-0.2, 0) is 6.42 Å². The van der Waals surface area contributed by atoms with E-state index in [1.54, 1.807) is 7.11 Å². The fraction of sp³-hybridized carbons (Fsp3) is 0.250. The largest absolute Gasteiger partial charge is 0.497 e. The molecule has 1 nitrogen and oxygen atoms in total. The Balaban J connectivity index is 2.06. The van der Waals surface area contributed by atoms with E-state index in [2.05, 4.69) is 31.2 Å². The molecule has 0 aliphatic rings. The Morgan fingerprint density at radius 2 is 1.61 bits per heavy atom. The van der Waals surface area contributed by atoms with Crippen molar-refractivity contribution in [2.45, 2.75) is 18.7 Å². The van der Waals surface area contributed by atoms with Gasteiger partial charge >= 0.3 is 0 Å². The summed E-state index contributed by atoms with van der Waals surface area (Å²) in [5.74, 6) is 0.859. The van der Waals surface area contributed by atoms with Crippen LogP contribution in [0.2, 0.25) is 0 Å². The molecule has 1 unspecified atom stereocenters. The fourth-order valence-electron chi connectivity index (χ4n) is 1.86. The lowest BCUT2D eigenvalue weighted by molar-refractivity contribution is 0.414. The Hall–Kier alpha value is -1.47. The summed E-state index contributed by atoms with van der Waals surface area (Å²) >= 11 is 6.44. The highest BCUT2D eigenvalue weighted by atomic mass is 35.5. The zero-order valence-corrected chi connectivity index (χ0v) is 11.4. The molecule has 2 aromatic carbocycles. The van der Waals surface area contributed by atoms with Crippen LogP contribution < -0.4 is 4.74 Å². The molecule has 0 amide bonds. The predicted molar refractivity (Wildman–Crippen MR) is 76.5 cm³/mol. The first kappa shape index (κ1) is 13.0. The quantitative estimate of drug-likeness (QED) is 0.734. The van der Waals surface area contributed by atoms with Gasteiger partial charge in [0.05, 0.1) is 12.5 Å². The maximum Gasteiger partial charge on any atom is 0.118 e. The minimum atomic E-state index is -0.00128. The maximum absolute atomic E-state index is 6.44. The first-order valence-electron chi connectivity index (χ1n) is 6.02. The lowest BCUT2D eigenvalue weighted by Crippen LogP contribution is -1.96. The second-order valence-electron chi connectivity index (χ2n) is 4.43. The van der Waals surface area contributed by atoms with Crippen molar-refractivity contribution in [3.05, 3.63) is 65.2 Å². The van der Waals surface area contributed by atoms with E-state index in [0.717, 1.165) is 17.7 Å². The first-order valence-corrected chi connectivity index (χ1v) is 6.46. The van der Waals surface area contributed by atoms with Gasteiger partial charge in [-0.05, 0) is 36.6 Å². The zero-order valence-electron chi connectivity index (χ0n) is 10.7. The van der Waals surface area contributed by atoms with Crippen LogP contribution in [0.15, 0.2) is 48.5 Å². The molecule has 0 aromatic heterocycles. The van der Waals surface area contributed by atoms with Gasteiger partial charge in [-0.3, -0.25) is 0 Å². The van der Waals surface area contributed by atoms with E-state index in [4.69, 9.17) is 16.3 Å².